The molecule has 0 atom stereocenters. The Balaban J connectivity index is 2.34. The highest BCUT2D eigenvalue weighted by atomic mass is 16.3. The number of rotatable bonds is 2. The van der Waals surface area contributed by atoms with Crippen molar-refractivity contribution < 1.29 is 5.11 Å². The standard InChI is InChI=1S/C12H17NO/c1-11(2,12(13)7-8-12)9-3-5-10(14)6-4-9/h3-6,14H,7-8,13H2,1-2H3. The fourth-order valence-corrected chi connectivity index (χ4v) is 1.93. The molecule has 0 aliphatic heterocycles. The van der Waals surface area contributed by atoms with E-state index in [9.17, 15) is 5.11 Å². The Morgan fingerprint density at radius 3 is 2.14 bits per heavy atom. The first-order chi connectivity index (χ1) is 6.46. The summed E-state index contributed by atoms with van der Waals surface area (Å²) < 4.78 is 0. The van der Waals surface area contributed by atoms with Gasteiger partial charge in [-0.1, -0.05) is 26.0 Å². The van der Waals surface area contributed by atoms with Gasteiger partial charge in [0, 0.05) is 11.0 Å². The molecule has 0 heterocycles. The molecule has 1 fully saturated rings. The predicted molar refractivity (Wildman–Crippen MR) is 57.3 cm³/mol. The van der Waals surface area contributed by atoms with Gasteiger partial charge in [0.25, 0.3) is 0 Å². The minimum Gasteiger partial charge on any atom is -0.508 e. The van der Waals surface area contributed by atoms with E-state index in [-0.39, 0.29) is 11.0 Å². The van der Waals surface area contributed by atoms with Crippen molar-refractivity contribution in [3.05, 3.63) is 29.8 Å². The van der Waals surface area contributed by atoms with E-state index in [1.165, 1.54) is 5.56 Å². The lowest BCUT2D eigenvalue weighted by molar-refractivity contribution is 0.390. The van der Waals surface area contributed by atoms with Gasteiger partial charge in [0.05, 0.1) is 0 Å². The van der Waals surface area contributed by atoms with E-state index in [0.29, 0.717) is 5.75 Å². The summed E-state index contributed by atoms with van der Waals surface area (Å²) in [4.78, 5) is 0. The van der Waals surface area contributed by atoms with Crippen LogP contribution in [-0.2, 0) is 5.41 Å². The van der Waals surface area contributed by atoms with Crippen LogP contribution in [0.15, 0.2) is 24.3 Å². The molecule has 1 aromatic carbocycles. The second-order valence-corrected chi connectivity index (χ2v) is 4.83. The maximum atomic E-state index is 9.21. The average Bonchev–Trinajstić information content (AvgIpc) is 2.86. The first kappa shape index (κ1) is 9.53. The first-order valence-electron chi connectivity index (χ1n) is 5.04. The summed E-state index contributed by atoms with van der Waals surface area (Å²) in [6.45, 7) is 4.35. The summed E-state index contributed by atoms with van der Waals surface area (Å²) in [7, 11) is 0. The molecule has 1 aliphatic carbocycles. The van der Waals surface area contributed by atoms with Crippen molar-refractivity contribution >= 4 is 0 Å². The Morgan fingerprint density at radius 1 is 1.21 bits per heavy atom. The van der Waals surface area contributed by atoms with Crippen molar-refractivity contribution in [3.8, 4) is 5.75 Å². The fourth-order valence-electron chi connectivity index (χ4n) is 1.93. The summed E-state index contributed by atoms with van der Waals surface area (Å²) in [6.07, 6.45) is 2.20. The highest BCUT2D eigenvalue weighted by molar-refractivity contribution is 5.35. The van der Waals surface area contributed by atoms with E-state index in [1.807, 2.05) is 12.1 Å². The molecule has 2 heteroatoms. The van der Waals surface area contributed by atoms with Crippen LogP contribution in [0.3, 0.4) is 0 Å². The maximum Gasteiger partial charge on any atom is 0.115 e. The summed E-state index contributed by atoms with van der Waals surface area (Å²) >= 11 is 0. The van der Waals surface area contributed by atoms with Crippen molar-refractivity contribution in [1.82, 2.24) is 0 Å². The van der Waals surface area contributed by atoms with Gasteiger partial charge in [0.15, 0.2) is 0 Å². The zero-order valence-electron chi connectivity index (χ0n) is 8.75. The lowest BCUT2D eigenvalue weighted by Crippen LogP contribution is -2.43. The Labute approximate surface area is 84.7 Å². The van der Waals surface area contributed by atoms with Gasteiger partial charge >= 0.3 is 0 Å². The predicted octanol–water partition coefficient (Wildman–Crippen LogP) is 2.16. The zero-order valence-corrected chi connectivity index (χ0v) is 8.75. The van der Waals surface area contributed by atoms with Gasteiger partial charge < -0.3 is 10.8 Å². The van der Waals surface area contributed by atoms with Crippen LogP contribution in [-0.4, -0.2) is 10.6 Å². The molecule has 0 unspecified atom stereocenters. The van der Waals surface area contributed by atoms with Gasteiger partial charge in [-0.05, 0) is 30.5 Å². The molecular formula is C12H17NO. The largest absolute Gasteiger partial charge is 0.508 e. The van der Waals surface area contributed by atoms with Crippen molar-refractivity contribution in [1.29, 1.82) is 0 Å². The maximum absolute atomic E-state index is 9.21. The SMILES string of the molecule is CC(C)(c1ccc(O)cc1)C1(N)CC1. The minimum absolute atomic E-state index is 0.000694. The van der Waals surface area contributed by atoms with E-state index >= 15 is 0 Å². The van der Waals surface area contributed by atoms with Gasteiger partial charge in [-0.2, -0.15) is 0 Å². The molecule has 2 nitrogen and oxygen atoms in total. The highest BCUT2D eigenvalue weighted by Gasteiger charge is 2.51. The van der Waals surface area contributed by atoms with Gasteiger partial charge in [-0.25, -0.2) is 0 Å². The van der Waals surface area contributed by atoms with Crippen LogP contribution in [0, 0.1) is 0 Å². The number of hydrogen-bond acceptors (Lipinski definition) is 2. The molecule has 14 heavy (non-hydrogen) atoms. The van der Waals surface area contributed by atoms with Crippen molar-refractivity contribution in [2.45, 2.75) is 37.6 Å². The van der Waals surface area contributed by atoms with Gasteiger partial charge in [0.2, 0.25) is 0 Å². The molecule has 76 valence electrons. The minimum atomic E-state index is -0.0377. The topological polar surface area (TPSA) is 46.2 Å². The molecular weight excluding hydrogens is 174 g/mol. The quantitative estimate of drug-likeness (QED) is 0.752. The molecule has 2 rings (SSSR count). The fraction of sp³-hybridized carbons (Fsp3) is 0.500. The number of hydrogen-bond donors (Lipinski definition) is 2. The van der Waals surface area contributed by atoms with Crippen LogP contribution in [0.4, 0.5) is 0 Å². The first-order valence-corrected chi connectivity index (χ1v) is 5.04. The number of phenols is 1. The second-order valence-electron chi connectivity index (χ2n) is 4.83. The average molecular weight is 191 g/mol. The van der Waals surface area contributed by atoms with E-state index in [4.69, 9.17) is 5.73 Å². The summed E-state index contributed by atoms with van der Waals surface area (Å²) in [5.41, 5.74) is 7.40. The van der Waals surface area contributed by atoms with Crippen LogP contribution in [0.5, 0.6) is 5.75 Å². The summed E-state index contributed by atoms with van der Waals surface area (Å²) in [5, 5.41) is 9.21. The van der Waals surface area contributed by atoms with E-state index in [0.717, 1.165) is 12.8 Å². The van der Waals surface area contributed by atoms with E-state index in [2.05, 4.69) is 13.8 Å². The van der Waals surface area contributed by atoms with E-state index < -0.39 is 0 Å². The lowest BCUT2D eigenvalue weighted by atomic mass is 9.76. The Hall–Kier alpha value is -1.02. The molecule has 0 saturated heterocycles. The molecule has 0 radical (unpaired) electrons. The van der Waals surface area contributed by atoms with Crippen LogP contribution in [0.2, 0.25) is 0 Å². The van der Waals surface area contributed by atoms with Gasteiger partial charge in [0.1, 0.15) is 5.75 Å². The molecule has 3 N–H and O–H groups in total. The normalized spacial score (nSPS) is 19.4. The molecule has 0 spiro atoms. The second kappa shape index (κ2) is 2.74. The molecule has 1 aliphatic rings. The van der Waals surface area contributed by atoms with Gasteiger partial charge in [-0.15, -0.1) is 0 Å². The highest BCUT2D eigenvalue weighted by Crippen LogP contribution is 2.49. The van der Waals surface area contributed by atoms with Crippen molar-refractivity contribution in [3.63, 3.8) is 0 Å². The number of benzene rings is 1. The molecule has 0 aromatic heterocycles. The molecule has 1 aromatic rings. The van der Waals surface area contributed by atoms with Crippen molar-refractivity contribution in [2.24, 2.45) is 5.73 Å². The third-order valence-electron chi connectivity index (χ3n) is 3.62. The third kappa shape index (κ3) is 1.30. The van der Waals surface area contributed by atoms with Gasteiger partial charge in [-0.3, -0.25) is 0 Å². The number of nitrogens with two attached hydrogens (primary N) is 1. The number of aromatic hydroxyl groups is 1. The van der Waals surface area contributed by atoms with E-state index in [1.54, 1.807) is 12.1 Å². The van der Waals surface area contributed by atoms with Crippen LogP contribution in [0.25, 0.3) is 0 Å². The monoisotopic (exact) mass is 191 g/mol. The number of phenolic OH excluding ortho intramolecular Hbond substituents is 1. The smallest absolute Gasteiger partial charge is 0.115 e. The Morgan fingerprint density at radius 2 is 1.71 bits per heavy atom. The van der Waals surface area contributed by atoms with Crippen molar-refractivity contribution in [2.75, 3.05) is 0 Å². The summed E-state index contributed by atoms with van der Waals surface area (Å²) in [6, 6.07) is 7.37. The molecule has 1 saturated carbocycles. The van der Waals surface area contributed by atoms with Crippen LogP contribution in [0.1, 0.15) is 32.3 Å². The molecule has 0 bridgehead atoms. The third-order valence-corrected chi connectivity index (χ3v) is 3.62. The zero-order chi connectivity index (χ0) is 10.4. The molecule has 0 amide bonds. The lowest BCUT2D eigenvalue weighted by Gasteiger charge is -2.32. The Bertz CT molecular complexity index is 336. The Kier molecular flexibility index (Phi) is 1.86. The van der Waals surface area contributed by atoms with Crippen LogP contribution < -0.4 is 5.73 Å². The van der Waals surface area contributed by atoms with Crippen LogP contribution >= 0.6 is 0 Å². The summed E-state index contributed by atoms with van der Waals surface area (Å²) in [5.74, 6) is 0.311.